The summed E-state index contributed by atoms with van der Waals surface area (Å²) in [5, 5.41) is 4.53. The Labute approximate surface area is 120 Å². The maximum absolute atomic E-state index is 5.90. The van der Waals surface area contributed by atoms with E-state index in [4.69, 9.17) is 5.73 Å². The van der Waals surface area contributed by atoms with Crippen molar-refractivity contribution in [3.63, 3.8) is 0 Å². The van der Waals surface area contributed by atoms with Crippen LogP contribution in [0.25, 0.3) is 0 Å². The van der Waals surface area contributed by atoms with Crippen LogP contribution in [0.3, 0.4) is 0 Å². The molecular formula is C16H22N4. The van der Waals surface area contributed by atoms with Crippen LogP contribution in [-0.4, -0.2) is 16.3 Å². The molecule has 0 saturated heterocycles. The Bertz CT molecular complexity index is 615. The standard InChI is InChI=1S/C16H22N4/c1-3-20-15(9-12(2)18-20)11-19-8-4-5-13-10-14(17)6-7-16(13)19/h6-7,9-10H,3-5,8,11,17H2,1-2H3. The first-order valence-electron chi connectivity index (χ1n) is 7.34. The van der Waals surface area contributed by atoms with Crippen molar-refractivity contribution < 1.29 is 0 Å². The molecule has 2 heterocycles. The van der Waals surface area contributed by atoms with Gasteiger partial charge in [0.15, 0.2) is 0 Å². The highest BCUT2D eigenvalue weighted by Crippen LogP contribution is 2.30. The molecule has 0 aliphatic carbocycles. The predicted octanol–water partition coefficient (Wildman–Crippen LogP) is 2.75. The molecule has 3 rings (SSSR count). The first-order chi connectivity index (χ1) is 9.67. The van der Waals surface area contributed by atoms with Crippen molar-refractivity contribution in [1.82, 2.24) is 9.78 Å². The van der Waals surface area contributed by atoms with Crippen molar-refractivity contribution in [2.24, 2.45) is 0 Å². The van der Waals surface area contributed by atoms with Gasteiger partial charge < -0.3 is 10.6 Å². The summed E-state index contributed by atoms with van der Waals surface area (Å²) in [6, 6.07) is 8.46. The Hall–Kier alpha value is -1.97. The molecule has 0 bridgehead atoms. The van der Waals surface area contributed by atoms with Gasteiger partial charge in [-0.1, -0.05) is 0 Å². The van der Waals surface area contributed by atoms with Gasteiger partial charge in [-0.2, -0.15) is 5.10 Å². The zero-order valence-electron chi connectivity index (χ0n) is 12.3. The van der Waals surface area contributed by atoms with E-state index in [1.54, 1.807) is 0 Å². The Kier molecular flexibility index (Phi) is 3.38. The summed E-state index contributed by atoms with van der Waals surface area (Å²) in [6.45, 7) is 7.14. The van der Waals surface area contributed by atoms with Crippen LogP contribution >= 0.6 is 0 Å². The van der Waals surface area contributed by atoms with E-state index in [2.05, 4.69) is 46.7 Å². The Morgan fingerprint density at radius 1 is 1.30 bits per heavy atom. The van der Waals surface area contributed by atoms with Crippen LogP contribution in [0.5, 0.6) is 0 Å². The van der Waals surface area contributed by atoms with Crippen LogP contribution in [-0.2, 0) is 19.5 Å². The third-order valence-electron chi connectivity index (χ3n) is 3.96. The Morgan fingerprint density at radius 3 is 2.95 bits per heavy atom. The molecule has 1 aliphatic heterocycles. The minimum Gasteiger partial charge on any atom is -0.399 e. The number of hydrogen-bond donors (Lipinski definition) is 1. The van der Waals surface area contributed by atoms with E-state index >= 15 is 0 Å². The van der Waals surface area contributed by atoms with Crippen LogP contribution < -0.4 is 10.6 Å². The van der Waals surface area contributed by atoms with E-state index in [0.717, 1.165) is 37.4 Å². The number of hydrogen-bond acceptors (Lipinski definition) is 3. The molecule has 0 unspecified atom stereocenters. The number of benzene rings is 1. The number of nitrogens with zero attached hydrogens (tertiary/aromatic N) is 3. The molecule has 1 aliphatic rings. The van der Waals surface area contributed by atoms with Crippen molar-refractivity contribution in [2.75, 3.05) is 17.2 Å². The van der Waals surface area contributed by atoms with Gasteiger partial charge in [-0.3, -0.25) is 4.68 Å². The molecule has 1 aromatic heterocycles. The number of aryl methyl sites for hydroxylation is 3. The molecule has 4 nitrogen and oxygen atoms in total. The lowest BCUT2D eigenvalue weighted by Gasteiger charge is -2.31. The van der Waals surface area contributed by atoms with Crippen LogP contribution in [0.2, 0.25) is 0 Å². The number of nitrogen functional groups attached to an aromatic ring is 1. The third-order valence-corrected chi connectivity index (χ3v) is 3.96. The number of nitrogens with two attached hydrogens (primary N) is 1. The summed E-state index contributed by atoms with van der Waals surface area (Å²) in [7, 11) is 0. The lowest BCUT2D eigenvalue weighted by molar-refractivity contribution is 0.595. The molecule has 0 atom stereocenters. The lowest BCUT2D eigenvalue weighted by atomic mass is 10.0. The summed E-state index contributed by atoms with van der Waals surface area (Å²) in [5.41, 5.74) is 11.8. The fourth-order valence-corrected chi connectivity index (χ4v) is 3.05. The van der Waals surface area contributed by atoms with Crippen LogP contribution in [0.15, 0.2) is 24.3 Å². The van der Waals surface area contributed by atoms with Gasteiger partial charge in [0.1, 0.15) is 0 Å². The van der Waals surface area contributed by atoms with E-state index in [0.29, 0.717) is 0 Å². The smallest absolute Gasteiger partial charge is 0.0599 e. The monoisotopic (exact) mass is 270 g/mol. The summed E-state index contributed by atoms with van der Waals surface area (Å²) in [5.74, 6) is 0. The zero-order valence-corrected chi connectivity index (χ0v) is 12.3. The minimum atomic E-state index is 0.861. The first kappa shape index (κ1) is 13.0. The van der Waals surface area contributed by atoms with Crippen molar-refractivity contribution in [3.05, 3.63) is 41.2 Å². The molecule has 0 radical (unpaired) electrons. The van der Waals surface area contributed by atoms with Crippen molar-refractivity contribution in [3.8, 4) is 0 Å². The normalized spacial score (nSPS) is 14.4. The fourth-order valence-electron chi connectivity index (χ4n) is 3.05. The zero-order chi connectivity index (χ0) is 14.1. The highest BCUT2D eigenvalue weighted by atomic mass is 15.3. The maximum atomic E-state index is 5.90. The van der Waals surface area contributed by atoms with Gasteiger partial charge >= 0.3 is 0 Å². The van der Waals surface area contributed by atoms with Gasteiger partial charge in [0.05, 0.1) is 17.9 Å². The quantitative estimate of drug-likeness (QED) is 0.872. The molecule has 0 spiro atoms. The average molecular weight is 270 g/mol. The SMILES string of the molecule is CCn1nc(C)cc1CN1CCCc2cc(N)ccc21. The van der Waals surface area contributed by atoms with Gasteiger partial charge in [-0.15, -0.1) is 0 Å². The van der Waals surface area contributed by atoms with Crippen molar-refractivity contribution in [1.29, 1.82) is 0 Å². The summed E-state index contributed by atoms with van der Waals surface area (Å²) in [4.78, 5) is 2.45. The largest absolute Gasteiger partial charge is 0.399 e. The summed E-state index contributed by atoms with van der Waals surface area (Å²) < 4.78 is 2.10. The van der Waals surface area contributed by atoms with Gasteiger partial charge in [0, 0.05) is 24.5 Å². The lowest BCUT2D eigenvalue weighted by Crippen LogP contribution is -2.29. The highest BCUT2D eigenvalue weighted by Gasteiger charge is 2.18. The number of fused-ring (bicyclic) bond motifs is 1. The van der Waals surface area contributed by atoms with Crippen LogP contribution in [0.4, 0.5) is 11.4 Å². The molecule has 0 amide bonds. The molecule has 2 aromatic rings. The maximum Gasteiger partial charge on any atom is 0.0599 e. The summed E-state index contributed by atoms with van der Waals surface area (Å²) >= 11 is 0. The number of anilines is 2. The second-order valence-electron chi connectivity index (χ2n) is 5.51. The predicted molar refractivity (Wildman–Crippen MR) is 82.9 cm³/mol. The molecule has 0 fully saturated rings. The minimum absolute atomic E-state index is 0.861. The molecule has 0 saturated carbocycles. The van der Waals surface area contributed by atoms with E-state index < -0.39 is 0 Å². The van der Waals surface area contributed by atoms with Crippen LogP contribution in [0.1, 0.15) is 30.3 Å². The number of aromatic nitrogens is 2. The topological polar surface area (TPSA) is 47.1 Å². The van der Waals surface area contributed by atoms with Crippen molar-refractivity contribution >= 4 is 11.4 Å². The molecule has 20 heavy (non-hydrogen) atoms. The first-order valence-corrected chi connectivity index (χ1v) is 7.34. The molecule has 106 valence electrons. The van der Waals surface area contributed by atoms with E-state index in [1.807, 2.05) is 6.07 Å². The average Bonchev–Trinajstić information content (AvgIpc) is 2.78. The second kappa shape index (κ2) is 5.19. The highest BCUT2D eigenvalue weighted by molar-refractivity contribution is 5.61. The Balaban J connectivity index is 1.89. The van der Waals surface area contributed by atoms with E-state index in [-0.39, 0.29) is 0 Å². The number of rotatable bonds is 3. The molecule has 2 N–H and O–H groups in total. The van der Waals surface area contributed by atoms with Crippen LogP contribution in [0, 0.1) is 6.92 Å². The fraction of sp³-hybridized carbons (Fsp3) is 0.438. The Morgan fingerprint density at radius 2 is 2.15 bits per heavy atom. The summed E-state index contributed by atoms with van der Waals surface area (Å²) in [6.07, 6.45) is 2.32. The molecular weight excluding hydrogens is 248 g/mol. The van der Waals surface area contributed by atoms with E-state index in [9.17, 15) is 0 Å². The molecule has 1 aromatic carbocycles. The van der Waals surface area contributed by atoms with Gasteiger partial charge in [0.25, 0.3) is 0 Å². The molecule has 4 heteroatoms. The van der Waals surface area contributed by atoms with Crippen molar-refractivity contribution in [2.45, 2.75) is 39.8 Å². The van der Waals surface area contributed by atoms with E-state index in [1.165, 1.54) is 23.4 Å². The van der Waals surface area contributed by atoms with Gasteiger partial charge in [-0.25, -0.2) is 0 Å². The third kappa shape index (κ3) is 2.38. The van der Waals surface area contributed by atoms with Gasteiger partial charge in [0.2, 0.25) is 0 Å². The van der Waals surface area contributed by atoms with Gasteiger partial charge in [-0.05, 0) is 56.5 Å². The second-order valence-corrected chi connectivity index (χ2v) is 5.51.